The number of anilines is 1. The molecule has 1 aromatic carbocycles. The maximum absolute atomic E-state index is 11.6. The molecule has 0 aliphatic heterocycles. The summed E-state index contributed by atoms with van der Waals surface area (Å²) < 4.78 is 0. The summed E-state index contributed by atoms with van der Waals surface area (Å²) in [5, 5.41) is 10.0. The van der Waals surface area contributed by atoms with Crippen LogP contribution < -0.4 is 5.73 Å². The van der Waals surface area contributed by atoms with Crippen LogP contribution in [0.15, 0.2) is 18.2 Å². The van der Waals surface area contributed by atoms with Crippen molar-refractivity contribution < 1.29 is 9.90 Å². The maximum Gasteiger partial charge on any atom is 0.310 e. The minimum Gasteiger partial charge on any atom is -0.481 e. The van der Waals surface area contributed by atoms with Gasteiger partial charge in [0.2, 0.25) is 0 Å². The van der Waals surface area contributed by atoms with Gasteiger partial charge in [0, 0.05) is 5.92 Å². The Hall–Kier alpha value is -1.22. The molecule has 18 heavy (non-hydrogen) atoms. The molecular formula is C14H18ClNO2. The number of hydrogen-bond donors (Lipinski definition) is 2. The van der Waals surface area contributed by atoms with Crippen LogP contribution in [0.5, 0.6) is 0 Å². The van der Waals surface area contributed by atoms with Gasteiger partial charge in [-0.1, -0.05) is 31.5 Å². The predicted molar refractivity (Wildman–Crippen MR) is 72.7 cm³/mol. The highest BCUT2D eigenvalue weighted by Crippen LogP contribution is 2.62. The molecule has 0 saturated heterocycles. The van der Waals surface area contributed by atoms with Crippen molar-refractivity contribution in [3.05, 3.63) is 28.8 Å². The molecule has 3 atom stereocenters. The SMILES string of the molecule is CCC(c1ccc(Cl)c(N)c1)C1(C(=O)O)CC1C. The van der Waals surface area contributed by atoms with Crippen molar-refractivity contribution >= 4 is 23.3 Å². The van der Waals surface area contributed by atoms with Crippen LogP contribution in [0.3, 0.4) is 0 Å². The first-order valence-corrected chi connectivity index (χ1v) is 6.59. The lowest BCUT2D eigenvalue weighted by molar-refractivity contribution is -0.145. The van der Waals surface area contributed by atoms with Gasteiger partial charge in [-0.15, -0.1) is 0 Å². The number of rotatable bonds is 4. The minimum atomic E-state index is -0.699. The highest BCUT2D eigenvalue weighted by atomic mass is 35.5. The largest absolute Gasteiger partial charge is 0.481 e. The molecule has 1 fully saturated rings. The number of nitrogen functional groups attached to an aromatic ring is 1. The van der Waals surface area contributed by atoms with Gasteiger partial charge >= 0.3 is 5.97 Å². The van der Waals surface area contributed by atoms with Gasteiger partial charge in [0.1, 0.15) is 0 Å². The summed E-state index contributed by atoms with van der Waals surface area (Å²) in [6.07, 6.45) is 1.53. The lowest BCUT2D eigenvalue weighted by Gasteiger charge is -2.24. The number of aliphatic carboxylic acids is 1. The molecule has 3 unspecified atom stereocenters. The van der Waals surface area contributed by atoms with Crippen molar-refractivity contribution in [2.75, 3.05) is 5.73 Å². The number of carboxylic acids is 1. The van der Waals surface area contributed by atoms with Gasteiger partial charge in [-0.3, -0.25) is 4.79 Å². The molecule has 0 bridgehead atoms. The fourth-order valence-electron chi connectivity index (χ4n) is 3.06. The van der Waals surface area contributed by atoms with Gasteiger partial charge in [0.15, 0.2) is 0 Å². The number of hydrogen-bond acceptors (Lipinski definition) is 2. The lowest BCUT2D eigenvalue weighted by atomic mass is 9.79. The lowest BCUT2D eigenvalue weighted by Crippen LogP contribution is -2.25. The van der Waals surface area contributed by atoms with Crippen LogP contribution in [-0.2, 0) is 4.79 Å². The van der Waals surface area contributed by atoms with E-state index < -0.39 is 11.4 Å². The molecule has 98 valence electrons. The molecule has 0 amide bonds. The first-order valence-electron chi connectivity index (χ1n) is 6.21. The number of carbonyl (C=O) groups is 1. The quantitative estimate of drug-likeness (QED) is 0.821. The summed E-state index contributed by atoms with van der Waals surface area (Å²) in [4.78, 5) is 11.6. The van der Waals surface area contributed by atoms with Gasteiger partial charge in [0.05, 0.1) is 16.1 Å². The zero-order chi connectivity index (χ0) is 13.5. The number of benzene rings is 1. The summed E-state index contributed by atoms with van der Waals surface area (Å²) >= 11 is 5.91. The highest BCUT2D eigenvalue weighted by Gasteiger charge is 2.62. The first kappa shape index (κ1) is 13.2. The van der Waals surface area contributed by atoms with Gasteiger partial charge < -0.3 is 10.8 Å². The Bertz CT molecular complexity index is 489. The van der Waals surface area contributed by atoms with E-state index in [9.17, 15) is 9.90 Å². The minimum absolute atomic E-state index is 0.00423. The second kappa shape index (κ2) is 4.47. The third kappa shape index (κ3) is 1.87. The van der Waals surface area contributed by atoms with Crippen LogP contribution in [0.25, 0.3) is 0 Å². The molecule has 0 heterocycles. The highest BCUT2D eigenvalue weighted by molar-refractivity contribution is 6.33. The van der Waals surface area contributed by atoms with E-state index in [2.05, 4.69) is 0 Å². The Balaban J connectivity index is 2.40. The van der Waals surface area contributed by atoms with Crippen molar-refractivity contribution in [3.63, 3.8) is 0 Å². The smallest absolute Gasteiger partial charge is 0.310 e. The van der Waals surface area contributed by atoms with Gasteiger partial charge in [-0.25, -0.2) is 0 Å². The number of nitrogens with two attached hydrogens (primary N) is 1. The van der Waals surface area contributed by atoms with Crippen molar-refractivity contribution in [1.82, 2.24) is 0 Å². The molecular weight excluding hydrogens is 250 g/mol. The summed E-state index contributed by atoms with van der Waals surface area (Å²) in [5.74, 6) is -0.475. The Morgan fingerprint density at radius 2 is 2.28 bits per heavy atom. The molecule has 0 spiro atoms. The molecule has 1 aliphatic rings. The van der Waals surface area contributed by atoms with E-state index in [0.717, 1.165) is 18.4 Å². The number of halogens is 1. The van der Waals surface area contributed by atoms with E-state index in [1.54, 1.807) is 6.07 Å². The Morgan fingerprint density at radius 3 is 2.67 bits per heavy atom. The standard InChI is InChI=1S/C14H18ClNO2/c1-3-10(14(13(17)18)7-8(14)2)9-4-5-11(15)12(16)6-9/h4-6,8,10H,3,7,16H2,1-2H3,(H,17,18). The molecule has 1 saturated carbocycles. The Morgan fingerprint density at radius 1 is 1.67 bits per heavy atom. The van der Waals surface area contributed by atoms with E-state index in [-0.39, 0.29) is 11.8 Å². The first-order chi connectivity index (χ1) is 8.43. The second-order valence-corrected chi connectivity index (χ2v) is 5.60. The summed E-state index contributed by atoms with van der Waals surface area (Å²) in [7, 11) is 0. The van der Waals surface area contributed by atoms with E-state index in [0.29, 0.717) is 10.7 Å². The average molecular weight is 268 g/mol. The van der Waals surface area contributed by atoms with Crippen LogP contribution in [0.2, 0.25) is 5.02 Å². The van der Waals surface area contributed by atoms with E-state index in [1.807, 2.05) is 26.0 Å². The normalized spacial score (nSPS) is 27.8. The fraction of sp³-hybridized carbons (Fsp3) is 0.500. The predicted octanol–water partition coefficient (Wildman–Crippen LogP) is 3.53. The third-order valence-electron chi connectivity index (χ3n) is 4.21. The van der Waals surface area contributed by atoms with Crippen LogP contribution in [0.1, 0.15) is 38.2 Å². The molecule has 0 aromatic heterocycles. The molecule has 4 heteroatoms. The van der Waals surface area contributed by atoms with Gasteiger partial charge in [0.25, 0.3) is 0 Å². The average Bonchev–Trinajstić information content (AvgIpc) is 2.98. The molecule has 0 radical (unpaired) electrons. The maximum atomic E-state index is 11.6. The van der Waals surface area contributed by atoms with Crippen LogP contribution >= 0.6 is 11.6 Å². The zero-order valence-corrected chi connectivity index (χ0v) is 11.4. The van der Waals surface area contributed by atoms with E-state index in [1.165, 1.54) is 0 Å². The molecule has 1 aliphatic carbocycles. The van der Waals surface area contributed by atoms with Crippen molar-refractivity contribution in [3.8, 4) is 0 Å². The van der Waals surface area contributed by atoms with Crippen LogP contribution in [0.4, 0.5) is 5.69 Å². The van der Waals surface area contributed by atoms with Crippen LogP contribution in [0, 0.1) is 11.3 Å². The molecule has 3 N–H and O–H groups in total. The second-order valence-electron chi connectivity index (χ2n) is 5.19. The topological polar surface area (TPSA) is 63.3 Å². The van der Waals surface area contributed by atoms with E-state index >= 15 is 0 Å². The van der Waals surface area contributed by atoms with E-state index in [4.69, 9.17) is 17.3 Å². The number of carboxylic acid groups (broad SMARTS) is 1. The zero-order valence-electron chi connectivity index (χ0n) is 10.6. The van der Waals surface area contributed by atoms with Gasteiger partial charge in [-0.05, 0) is 36.5 Å². The summed E-state index contributed by atoms with van der Waals surface area (Å²) in [6, 6.07) is 5.45. The Kier molecular flexibility index (Phi) is 3.28. The monoisotopic (exact) mass is 267 g/mol. The molecule has 1 aromatic rings. The summed E-state index contributed by atoms with van der Waals surface area (Å²) in [6.45, 7) is 4.02. The summed E-state index contributed by atoms with van der Waals surface area (Å²) in [5.41, 5.74) is 6.69. The third-order valence-corrected chi connectivity index (χ3v) is 4.56. The molecule has 2 rings (SSSR count). The molecule has 3 nitrogen and oxygen atoms in total. The van der Waals surface area contributed by atoms with Crippen molar-refractivity contribution in [2.45, 2.75) is 32.6 Å². The Labute approximate surface area is 112 Å². The fourth-order valence-corrected chi connectivity index (χ4v) is 3.17. The van der Waals surface area contributed by atoms with Crippen LogP contribution in [-0.4, -0.2) is 11.1 Å². The van der Waals surface area contributed by atoms with Gasteiger partial charge in [-0.2, -0.15) is 0 Å². The van der Waals surface area contributed by atoms with Crippen molar-refractivity contribution in [1.29, 1.82) is 0 Å². The van der Waals surface area contributed by atoms with Crippen molar-refractivity contribution in [2.24, 2.45) is 11.3 Å².